The van der Waals surface area contributed by atoms with Gasteiger partial charge in [-0.05, 0) is 38.5 Å². The molecule has 0 aliphatic heterocycles. The van der Waals surface area contributed by atoms with E-state index in [0.29, 0.717) is 5.69 Å². The summed E-state index contributed by atoms with van der Waals surface area (Å²) in [6.07, 6.45) is 2.39. The number of nitrogens with one attached hydrogen (secondary N) is 1. The predicted molar refractivity (Wildman–Crippen MR) is 75.4 cm³/mol. The van der Waals surface area contributed by atoms with E-state index in [0.717, 1.165) is 6.42 Å². The van der Waals surface area contributed by atoms with Crippen molar-refractivity contribution in [1.29, 1.82) is 0 Å². The van der Waals surface area contributed by atoms with E-state index in [9.17, 15) is 9.18 Å². The molecule has 2 aromatic rings. The number of rotatable bonds is 4. The summed E-state index contributed by atoms with van der Waals surface area (Å²) in [6, 6.07) is 7.88. The second-order valence-electron chi connectivity index (χ2n) is 5.29. The summed E-state index contributed by atoms with van der Waals surface area (Å²) in [4.78, 5) is 12.1. The third kappa shape index (κ3) is 3.04. The Labute approximate surface area is 117 Å². The van der Waals surface area contributed by atoms with Crippen LogP contribution in [0.15, 0.2) is 36.5 Å². The molecule has 0 aliphatic carbocycles. The molecule has 0 saturated heterocycles. The number of amides is 1. The van der Waals surface area contributed by atoms with Gasteiger partial charge in [-0.2, -0.15) is 5.10 Å². The number of benzene rings is 1. The van der Waals surface area contributed by atoms with E-state index >= 15 is 0 Å². The largest absolute Gasteiger partial charge is 0.346 e. The summed E-state index contributed by atoms with van der Waals surface area (Å²) >= 11 is 0. The minimum absolute atomic E-state index is 0.257. The van der Waals surface area contributed by atoms with Crippen LogP contribution in [0.1, 0.15) is 37.7 Å². The summed E-state index contributed by atoms with van der Waals surface area (Å²) < 4.78 is 15.0. The Morgan fingerprint density at radius 3 is 2.70 bits per heavy atom. The van der Waals surface area contributed by atoms with E-state index in [1.54, 1.807) is 30.5 Å². The summed E-state index contributed by atoms with van der Waals surface area (Å²) in [5, 5.41) is 7.02. The van der Waals surface area contributed by atoms with Crippen LogP contribution in [0.5, 0.6) is 0 Å². The van der Waals surface area contributed by atoms with E-state index in [2.05, 4.69) is 10.4 Å². The van der Waals surface area contributed by atoms with Crippen molar-refractivity contribution in [3.8, 4) is 5.69 Å². The van der Waals surface area contributed by atoms with Gasteiger partial charge in [-0.3, -0.25) is 4.79 Å². The first-order valence-corrected chi connectivity index (χ1v) is 6.56. The first kappa shape index (κ1) is 14.2. The molecule has 0 unspecified atom stereocenters. The van der Waals surface area contributed by atoms with Gasteiger partial charge in [0, 0.05) is 11.7 Å². The molecule has 1 N–H and O–H groups in total. The van der Waals surface area contributed by atoms with Gasteiger partial charge in [-0.25, -0.2) is 9.07 Å². The van der Waals surface area contributed by atoms with Gasteiger partial charge in [0.1, 0.15) is 11.5 Å². The molecule has 106 valence electrons. The van der Waals surface area contributed by atoms with Crippen molar-refractivity contribution in [2.45, 2.75) is 32.7 Å². The number of aromatic nitrogens is 2. The van der Waals surface area contributed by atoms with Gasteiger partial charge in [0.25, 0.3) is 5.91 Å². The normalized spacial score (nSPS) is 11.4. The van der Waals surface area contributed by atoms with Gasteiger partial charge in [-0.1, -0.05) is 19.1 Å². The van der Waals surface area contributed by atoms with Crippen molar-refractivity contribution in [2.24, 2.45) is 0 Å². The highest BCUT2D eigenvalue weighted by atomic mass is 19.1. The van der Waals surface area contributed by atoms with Crippen molar-refractivity contribution >= 4 is 5.91 Å². The molecule has 0 atom stereocenters. The minimum atomic E-state index is -0.378. The molecule has 2 rings (SSSR count). The average molecular weight is 275 g/mol. The lowest BCUT2D eigenvalue weighted by Gasteiger charge is -2.23. The zero-order chi connectivity index (χ0) is 14.8. The Bertz CT molecular complexity index is 619. The molecule has 0 spiro atoms. The lowest BCUT2D eigenvalue weighted by Crippen LogP contribution is -2.42. The molecule has 5 heteroatoms. The van der Waals surface area contributed by atoms with Gasteiger partial charge >= 0.3 is 0 Å². The Morgan fingerprint density at radius 1 is 1.35 bits per heavy atom. The zero-order valence-corrected chi connectivity index (χ0v) is 11.9. The highest BCUT2D eigenvalue weighted by Crippen LogP contribution is 2.13. The highest BCUT2D eigenvalue weighted by Gasteiger charge is 2.20. The quantitative estimate of drug-likeness (QED) is 0.932. The van der Waals surface area contributed by atoms with E-state index in [1.807, 2.05) is 20.8 Å². The maximum absolute atomic E-state index is 13.7. The molecule has 0 bridgehead atoms. The molecular weight excluding hydrogens is 257 g/mol. The van der Waals surface area contributed by atoms with Crippen molar-refractivity contribution in [2.75, 3.05) is 0 Å². The van der Waals surface area contributed by atoms with Crippen LogP contribution in [0.3, 0.4) is 0 Å². The fraction of sp³-hybridized carbons (Fsp3) is 0.333. The smallest absolute Gasteiger partial charge is 0.272 e. The number of nitrogens with zero attached hydrogens (tertiary/aromatic N) is 2. The summed E-state index contributed by atoms with van der Waals surface area (Å²) in [6.45, 7) is 5.88. The van der Waals surface area contributed by atoms with E-state index in [-0.39, 0.29) is 23.0 Å². The second kappa shape index (κ2) is 5.45. The van der Waals surface area contributed by atoms with Crippen molar-refractivity contribution < 1.29 is 9.18 Å². The van der Waals surface area contributed by atoms with E-state index in [4.69, 9.17) is 0 Å². The summed E-state index contributed by atoms with van der Waals surface area (Å²) in [5.74, 6) is -0.636. The van der Waals surface area contributed by atoms with Crippen LogP contribution in [0.25, 0.3) is 5.69 Å². The lowest BCUT2D eigenvalue weighted by molar-refractivity contribution is 0.0905. The first-order valence-electron chi connectivity index (χ1n) is 6.56. The van der Waals surface area contributed by atoms with Crippen LogP contribution in [-0.2, 0) is 0 Å². The molecule has 4 nitrogen and oxygen atoms in total. The van der Waals surface area contributed by atoms with E-state index < -0.39 is 0 Å². The van der Waals surface area contributed by atoms with Crippen LogP contribution in [0.4, 0.5) is 4.39 Å². The van der Waals surface area contributed by atoms with Crippen LogP contribution in [0, 0.1) is 5.82 Å². The van der Waals surface area contributed by atoms with Crippen LogP contribution < -0.4 is 5.32 Å². The first-order chi connectivity index (χ1) is 9.43. The fourth-order valence-electron chi connectivity index (χ4n) is 1.68. The number of hydrogen-bond donors (Lipinski definition) is 1. The molecular formula is C15H18FN3O. The molecule has 20 heavy (non-hydrogen) atoms. The monoisotopic (exact) mass is 275 g/mol. The number of carbonyl (C=O) groups excluding carboxylic acids is 1. The summed E-state index contributed by atoms with van der Waals surface area (Å²) in [7, 11) is 0. The standard InChI is InChI=1S/C15H18FN3O/c1-4-15(2,3)17-14(20)12-9-10-19(18-12)13-8-6-5-7-11(13)16/h5-10H,4H2,1-3H3,(H,17,20). The topological polar surface area (TPSA) is 46.9 Å². The molecule has 1 amide bonds. The number of hydrogen-bond acceptors (Lipinski definition) is 2. The van der Waals surface area contributed by atoms with Gasteiger partial charge in [-0.15, -0.1) is 0 Å². The zero-order valence-electron chi connectivity index (χ0n) is 11.9. The molecule has 1 aromatic carbocycles. The fourth-order valence-corrected chi connectivity index (χ4v) is 1.68. The third-order valence-corrected chi connectivity index (χ3v) is 3.26. The van der Waals surface area contributed by atoms with Crippen LogP contribution in [-0.4, -0.2) is 21.2 Å². The summed E-state index contributed by atoms with van der Waals surface area (Å²) in [5.41, 5.74) is 0.301. The Kier molecular flexibility index (Phi) is 3.88. The predicted octanol–water partition coefficient (Wildman–Crippen LogP) is 2.93. The number of para-hydroxylation sites is 1. The Hall–Kier alpha value is -2.17. The average Bonchev–Trinajstić information content (AvgIpc) is 2.88. The molecule has 1 heterocycles. The maximum Gasteiger partial charge on any atom is 0.272 e. The minimum Gasteiger partial charge on any atom is -0.346 e. The molecule has 0 fully saturated rings. The third-order valence-electron chi connectivity index (χ3n) is 3.26. The van der Waals surface area contributed by atoms with E-state index in [1.165, 1.54) is 10.7 Å². The van der Waals surface area contributed by atoms with Gasteiger partial charge in [0.2, 0.25) is 0 Å². The van der Waals surface area contributed by atoms with Crippen molar-refractivity contribution in [3.63, 3.8) is 0 Å². The molecule has 0 aliphatic rings. The maximum atomic E-state index is 13.7. The number of halogens is 1. The molecule has 0 saturated carbocycles. The Morgan fingerprint density at radius 2 is 2.05 bits per heavy atom. The van der Waals surface area contributed by atoms with Crippen LogP contribution >= 0.6 is 0 Å². The van der Waals surface area contributed by atoms with Gasteiger partial charge in [0.15, 0.2) is 5.69 Å². The second-order valence-corrected chi connectivity index (χ2v) is 5.29. The Balaban J connectivity index is 2.22. The molecule has 0 radical (unpaired) electrons. The van der Waals surface area contributed by atoms with Gasteiger partial charge in [0.05, 0.1) is 0 Å². The lowest BCUT2D eigenvalue weighted by atomic mass is 10.0. The molecule has 1 aromatic heterocycles. The van der Waals surface area contributed by atoms with Crippen molar-refractivity contribution in [3.05, 3.63) is 48.0 Å². The number of carbonyl (C=O) groups is 1. The van der Waals surface area contributed by atoms with Crippen LogP contribution in [0.2, 0.25) is 0 Å². The van der Waals surface area contributed by atoms with Gasteiger partial charge < -0.3 is 5.32 Å². The SMILES string of the molecule is CCC(C)(C)NC(=O)c1ccn(-c2ccccc2F)n1. The van der Waals surface area contributed by atoms with Crippen molar-refractivity contribution in [1.82, 2.24) is 15.1 Å². The highest BCUT2D eigenvalue weighted by molar-refractivity contribution is 5.92.